The van der Waals surface area contributed by atoms with Gasteiger partial charge in [-0.05, 0) is 28.8 Å². The van der Waals surface area contributed by atoms with Crippen LogP contribution >= 0.6 is 15.9 Å². The van der Waals surface area contributed by atoms with Gasteiger partial charge in [-0.15, -0.1) is 0 Å². The molecule has 0 aromatic carbocycles. The highest BCUT2D eigenvalue weighted by molar-refractivity contribution is 9.10. The zero-order valence-electron chi connectivity index (χ0n) is 10.0. The van der Waals surface area contributed by atoms with Crippen molar-refractivity contribution < 1.29 is 5.11 Å². The molecule has 1 heterocycles. The van der Waals surface area contributed by atoms with E-state index in [1.807, 2.05) is 11.9 Å². The van der Waals surface area contributed by atoms with Crippen LogP contribution in [0.25, 0.3) is 0 Å². The van der Waals surface area contributed by atoms with Crippen molar-refractivity contribution in [1.29, 1.82) is 0 Å². The number of anilines is 1. The van der Waals surface area contributed by atoms with Crippen molar-refractivity contribution in [3.05, 3.63) is 16.9 Å². The highest BCUT2D eigenvalue weighted by Gasteiger charge is 2.24. The van der Waals surface area contributed by atoms with Gasteiger partial charge < -0.3 is 10.0 Å². The van der Waals surface area contributed by atoms with Crippen LogP contribution in [0.15, 0.2) is 16.9 Å². The van der Waals surface area contributed by atoms with Gasteiger partial charge in [0.25, 0.3) is 0 Å². The number of hydrogen-bond acceptors (Lipinski definition) is 4. The molecular weight excluding hydrogens is 282 g/mol. The van der Waals surface area contributed by atoms with Crippen LogP contribution in [0.5, 0.6) is 0 Å². The summed E-state index contributed by atoms with van der Waals surface area (Å²) in [6.45, 7) is 0.822. The summed E-state index contributed by atoms with van der Waals surface area (Å²) in [4.78, 5) is 10.5. The van der Waals surface area contributed by atoms with Crippen molar-refractivity contribution in [3.8, 4) is 0 Å². The molecule has 1 aliphatic rings. The lowest BCUT2D eigenvalue weighted by Gasteiger charge is -2.31. The number of aliphatic hydroxyl groups is 1. The first kappa shape index (κ1) is 12.8. The Kier molecular flexibility index (Phi) is 4.34. The molecule has 2 rings (SSSR count). The van der Waals surface area contributed by atoms with Crippen molar-refractivity contribution in [2.75, 3.05) is 18.5 Å². The fourth-order valence-corrected chi connectivity index (χ4v) is 2.54. The largest absolute Gasteiger partial charge is 0.393 e. The van der Waals surface area contributed by atoms with Crippen molar-refractivity contribution >= 4 is 21.9 Å². The Morgan fingerprint density at radius 3 is 2.65 bits per heavy atom. The molecule has 1 fully saturated rings. The van der Waals surface area contributed by atoms with E-state index < -0.39 is 0 Å². The monoisotopic (exact) mass is 299 g/mol. The summed E-state index contributed by atoms with van der Waals surface area (Å²) >= 11 is 3.32. The summed E-state index contributed by atoms with van der Waals surface area (Å²) in [5, 5.41) is 9.93. The quantitative estimate of drug-likeness (QED) is 0.930. The van der Waals surface area contributed by atoms with Gasteiger partial charge in [-0.2, -0.15) is 0 Å². The number of aliphatic hydroxyl groups excluding tert-OH is 1. The SMILES string of the molecule is CN(C[C@H]1CCCC[C@H]1O)c1ncc(Br)cn1. The molecule has 17 heavy (non-hydrogen) atoms. The molecule has 0 bridgehead atoms. The molecule has 1 aromatic rings. The predicted molar refractivity (Wildman–Crippen MR) is 71.0 cm³/mol. The molecule has 0 unspecified atom stereocenters. The van der Waals surface area contributed by atoms with Crippen LogP contribution in [0.3, 0.4) is 0 Å². The van der Waals surface area contributed by atoms with E-state index in [0.717, 1.165) is 30.3 Å². The van der Waals surface area contributed by atoms with Crippen molar-refractivity contribution in [2.45, 2.75) is 31.8 Å². The van der Waals surface area contributed by atoms with Gasteiger partial charge in [0, 0.05) is 31.9 Å². The third-order valence-electron chi connectivity index (χ3n) is 3.33. The minimum Gasteiger partial charge on any atom is -0.393 e. The van der Waals surface area contributed by atoms with Gasteiger partial charge in [0.1, 0.15) is 0 Å². The van der Waals surface area contributed by atoms with E-state index >= 15 is 0 Å². The maximum Gasteiger partial charge on any atom is 0.225 e. The second-order valence-corrected chi connectivity index (χ2v) is 5.61. The Balaban J connectivity index is 1.95. The molecule has 1 aromatic heterocycles. The molecule has 0 aliphatic heterocycles. The third-order valence-corrected chi connectivity index (χ3v) is 3.73. The van der Waals surface area contributed by atoms with E-state index in [2.05, 4.69) is 25.9 Å². The summed E-state index contributed by atoms with van der Waals surface area (Å²) in [7, 11) is 1.98. The molecule has 0 saturated heterocycles. The molecule has 1 aliphatic carbocycles. The summed E-state index contributed by atoms with van der Waals surface area (Å²) in [6, 6.07) is 0. The Hall–Kier alpha value is -0.680. The molecular formula is C12H18BrN3O. The maximum absolute atomic E-state index is 9.93. The Morgan fingerprint density at radius 1 is 1.35 bits per heavy atom. The van der Waals surface area contributed by atoms with E-state index in [1.165, 1.54) is 6.42 Å². The minimum atomic E-state index is -0.165. The van der Waals surface area contributed by atoms with Gasteiger partial charge in [0.05, 0.1) is 10.6 Å². The van der Waals surface area contributed by atoms with Crippen molar-refractivity contribution in [3.63, 3.8) is 0 Å². The van der Waals surface area contributed by atoms with Crippen LogP contribution in [0.1, 0.15) is 25.7 Å². The molecule has 4 nitrogen and oxygen atoms in total. The fourth-order valence-electron chi connectivity index (χ4n) is 2.34. The Morgan fingerprint density at radius 2 is 2.00 bits per heavy atom. The summed E-state index contributed by atoms with van der Waals surface area (Å²) in [6.07, 6.45) is 7.72. The predicted octanol–water partition coefficient (Wildman–Crippen LogP) is 2.23. The molecule has 0 radical (unpaired) electrons. The lowest BCUT2D eigenvalue weighted by Crippen LogP contribution is -2.35. The number of aromatic nitrogens is 2. The first-order valence-electron chi connectivity index (χ1n) is 6.03. The van der Waals surface area contributed by atoms with Crippen LogP contribution in [0, 0.1) is 5.92 Å². The first-order chi connectivity index (χ1) is 8.16. The second kappa shape index (κ2) is 5.78. The second-order valence-electron chi connectivity index (χ2n) is 4.69. The zero-order chi connectivity index (χ0) is 12.3. The number of halogens is 1. The molecule has 5 heteroatoms. The summed E-state index contributed by atoms with van der Waals surface area (Å²) < 4.78 is 0.882. The average Bonchev–Trinajstić information content (AvgIpc) is 2.33. The molecule has 94 valence electrons. The van der Waals surface area contributed by atoms with Gasteiger partial charge in [0.15, 0.2) is 0 Å². The van der Waals surface area contributed by atoms with Gasteiger partial charge in [-0.25, -0.2) is 9.97 Å². The molecule has 1 saturated carbocycles. The fraction of sp³-hybridized carbons (Fsp3) is 0.667. The van der Waals surface area contributed by atoms with Crippen LogP contribution in [0.4, 0.5) is 5.95 Å². The molecule has 1 N–H and O–H groups in total. The molecule has 0 amide bonds. The van der Waals surface area contributed by atoms with Crippen LogP contribution < -0.4 is 4.90 Å². The highest BCUT2D eigenvalue weighted by atomic mass is 79.9. The summed E-state index contributed by atoms with van der Waals surface area (Å²) in [5.74, 6) is 1.06. The van der Waals surface area contributed by atoms with E-state index in [9.17, 15) is 5.11 Å². The topological polar surface area (TPSA) is 49.2 Å². The number of nitrogens with zero attached hydrogens (tertiary/aromatic N) is 3. The van der Waals surface area contributed by atoms with Gasteiger partial charge in [0.2, 0.25) is 5.95 Å². The highest BCUT2D eigenvalue weighted by Crippen LogP contribution is 2.25. The smallest absolute Gasteiger partial charge is 0.225 e. The van der Waals surface area contributed by atoms with E-state index in [4.69, 9.17) is 0 Å². The molecule has 2 atom stereocenters. The Bertz CT molecular complexity index is 357. The standard InChI is InChI=1S/C12H18BrN3O/c1-16(12-14-6-10(13)7-15-12)8-9-4-2-3-5-11(9)17/h6-7,9,11,17H,2-5,8H2,1H3/t9-,11-/m1/s1. The van der Waals surface area contributed by atoms with Crippen LogP contribution in [0.2, 0.25) is 0 Å². The zero-order valence-corrected chi connectivity index (χ0v) is 11.6. The van der Waals surface area contributed by atoms with E-state index in [0.29, 0.717) is 11.9 Å². The normalized spacial score (nSPS) is 24.6. The van der Waals surface area contributed by atoms with E-state index in [1.54, 1.807) is 12.4 Å². The Labute approximate surface area is 110 Å². The number of rotatable bonds is 3. The third kappa shape index (κ3) is 3.39. The maximum atomic E-state index is 9.93. The number of hydrogen-bond donors (Lipinski definition) is 1. The van der Waals surface area contributed by atoms with Crippen molar-refractivity contribution in [1.82, 2.24) is 9.97 Å². The van der Waals surface area contributed by atoms with Gasteiger partial charge >= 0.3 is 0 Å². The van der Waals surface area contributed by atoms with Crippen molar-refractivity contribution in [2.24, 2.45) is 5.92 Å². The van der Waals surface area contributed by atoms with Gasteiger partial charge in [-0.3, -0.25) is 0 Å². The van der Waals surface area contributed by atoms with E-state index in [-0.39, 0.29) is 6.10 Å². The molecule has 0 spiro atoms. The average molecular weight is 300 g/mol. The first-order valence-corrected chi connectivity index (χ1v) is 6.83. The van der Waals surface area contributed by atoms with Crippen LogP contribution in [-0.4, -0.2) is 34.8 Å². The van der Waals surface area contributed by atoms with Gasteiger partial charge in [-0.1, -0.05) is 12.8 Å². The lowest BCUT2D eigenvalue weighted by atomic mass is 9.86. The summed E-state index contributed by atoms with van der Waals surface area (Å²) in [5.41, 5.74) is 0. The minimum absolute atomic E-state index is 0.165. The van der Waals surface area contributed by atoms with Crippen LogP contribution in [-0.2, 0) is 0 Å². The lowest BCUT2D eigenvalue weighted by molar-refractivity contribution is 0.0735.